The van der Waals surface area contributed by atoms with Gasteiger partial charge in [0.25, 0.3) is 0 Å². The molecular formula is C16H18ClFIN3O3. The van der Waals surface area contributed by atoms with E-state index < -0.39 is 30.3 Å². The molecule has 0 radical (unpaired) electrons. The Morgan fingerprint density at radius 3 is 2.80 bits per heavy atom. The van der Waals surface area contributed by atoms with Gasteiger partial charge in [0.15, 0.2) is 0 Å². The van der Waals surface area contributed by atoms with Gasteiger partial charge >= 0.3 is 6.09 Å². The number of hydrogen-bond donors (Lipinski definition) is 2. The number of halogens is 3. The van der Waals surface area contributed by atoms with E-state index >= 15 is 0 Å². The Balaban J connectivity index is 1.71. The Bertz CT molecular complexity index is 716. The van der Waals surface area contributed by atoms with Crippen molar-refractivity contribution in [1.82, 2.24) is 15.2 Å². The smallest absolute Gasteiger partial charge is 0.408 e. The van der Waals surface area contributed by atoms with Crippen LogP contribution in [0.25, 0.3) is 0 Å². The summed E-state index contributed by atoms with van der Waals surface area (Å²) in [7, 11) is 0. The first-order chi connectivity index (χ1) is 11.8. The molecule has 1 aliphatic heterocycles. The van der Waals surface area contributed by atoms with E-state index in [2.05, 4.69) is 32.9 Å². The molecule has 2 amide bonds. The molecule has 3 atom stereocenters. The molecule has 136 valence electrons. The fourth-order valence-corrected chi connectivity index (χ4v) is 4.28. The lowest BCUT2D eigenvalue weighted by molar-refractivity contribution is -0.125. The standard InChI is InChI=1S/C16H18ClFIN3O3/c1-7-10(18)5-11(22(7)16(24)25)15(23)20-6-9-4-12(17)21-14(13(9)19)8-2-3-8/h4,7-8,10-11H,2-3,5-6H2,1H3,(H,20,23)(H,24,25)/t7-,10+,11-/m0/s1. The van der Waals surface area contributed by atoms with Gasteiger partial charge in [-0.2, -0.15) is 0 Å². The van der Waals surface area contributed by atoms with E-state index in [9.17, 15) is 19.1 Å². The van der Waals surface area contributed by atoms with Crippen LogP contribution in [0.5, 0.6) is 0 Å². The number of carboxylic acid groups (broad SMARTS) is 1. The number of pyridine rings is 1. The molecule has 0 spiro atoms. The molecule has 2 aliphatic rings. The SMILES string of the molecule is C[C@H]1[C@H](F)C[C@@H](C(=O)NCc2cc(Cl)nc(C3CC3)c2I)N1C(=O)O. The maximum Gasteiger partial charge on any atom is 0.408 e. The number of nitrogens with zero attached hydrogens (tertiary/aromatic N) is 2. The monoisotopic (exact) mass is 481 g/mol. The highest BCUT2D eigenvalue weighted by molar-refractivity contribution is 14.1. The van der Waals surface area contributed by atoms with Crippen molar-refractivity contribution in [3.63, 3.8) is 0 Å². The third kappa shape index (κ3) is 3.84. The number of hydrogen-bond acceptors (Lipinski definition) is 3. The van der Waals surface area contributed by atoms with Crippen LogP contribution in [0.15, 0.2) is 6.07 Å². The van der Waals surface area contributed by atoms with Crippen molar-refractivity contribution >= 4 is 46.2 Å². The number of rotatable bonds is 4. The van der Waals surface area contributed by atoms with Crippen LogP contribution in [0.1, 0.15) is 43.4 Å². The van der Waals surface area contributed by atoms with Crippen molar-refractivity contribution in [2.24, 2.45) is 0 Å². The van der Waals surface area contributed by atoms with Gasteiger partial charge < -0.3 is 10.4 Å². The molecule has 1 aromatic heterocycles. The van der Waals surface area contributed by atoms with E-state index in [4.69, 9.17) is 11.6 Å². The minimum absolute atomic E-state index is 0.124. The molecule has 1 aliphatic carbocycles. The third-order valence-electron chi connectivity index (χ3n) is 4.71. The third-order valence-corrected chi connectivity index (χ3v) is 6.15. The molecule has 1 saturated carbocycles. The fourth-order valence-electron chi connectivity index (χ4n) is 3.15. The van der Waals surface area contributed by atoms with E-state index in [1.54, 1.807) is 6.07 Å². The van der Waals surface area contributed by atoms with Crippen molar-refractivity contribution in [2.45, 2.75) is 56.9 Å². The zero-order valence-electron chi connectivity index (χ0n) is 13.5. The summed E-state index contributed by atoms with van der Waals surface area (Å²) in [6.45, 7) is 1.67. The Morgan fingerprint density at radius 2 is 2.20 bits per heavy atom. The first kappa shape index (κ1) is 18.6. The number of aromatic nitrogens is 1. The summed E-state index contributed by atoms with van der Waals surface area (Å²) < 4.78 is 14.8. The van der Waals surface area contributed by atoms with Crippen molar-refractivity contribution in [1.29, 1.82) is 0 Å². The quantitative estimate of drug-likeness (QED) is 0.511. The van der Waals surface area contributed by atoms with Gasteiger partial charge in [0.2, 0.25) is 5.91 Å². The molecule has 3 rings (SSSR count). The molecule has 0 bridgehead atoms. The lowest BCUT2D eigenvalue weighted by Gasteiger charge is -2.24. The molecule has 0 unspecified atom stereocenters. The molecule has 0 aromatic carbocycles. The summed E-state index contributed by atoms with van der Waals surface area (Å²) in [5.74, 6) is -0.0726. The minimum Gasteiger partial charge on any atom is -0.465 e. The lowest BCUT2D eigenvalue weighted by atomic mass is 10.1. The van der Waals surface area contributed by atoms with Crippen molar-refractivity contribution in [3.8, 4) is 0 Å². The van der Waals surface area contributed by atoms with Gasteiger partial charge in [-0.3, -0.25) is 9.69 Å². The molecule has 2 fully saturated rings. The van der Waals surface area contributed by atoms with Gasteiger partial charge in [-0.15, -0.1) is 0 Å². The largest absolute Gasteiger partial charge is 0.465 e. The number of amides is 2. The summed E-state index contributed by atoms with van der Waals surface area (Å²) in [6.07, 6.45) is -0.587. The molecule has 25 heavy (non-hydrogen) atoms. The van der Waals surface area contributed by atoms with E-state index in [0.29, 0.717) is 11.1 Å². The maximum atomic E-state index is 13.9. The van der Waals surface area contributed by atoms with E-state index in [1.807, 2.05) is 0 Å². The summed E-state index contributed by atoms with van der Waals surface area (Å²) in [5, 5.41) is 12.3. The van der Waals surface area contributed by atoms with E-state index in [1.165, 1.54) is 6.92 Å². The molecule has 1 aromatic rings. The zero-order chi connectivity index (χ0) is 18.3. The first-order valence-corrected chi connectivity index (χ1v) is 9.53. The predicted octanol–water partition coefficient (Wildman–Crippen LogP) is 3.31. The summed E-state index contributed by atoms with van der Waals surface area (Å²) in [4.78, 5) is 29.0. The second kappa shape index (κ2) is 7.22. The van der Waals surface area contributed by atoms with Gasteiger partial charge in [0.1, 0.15) is 17.4 Å². The summed E-state index contributed by atoms with van der Waals surface area (Å²) >= 11 is 8.27. The van der Waals surface area contributed by atoms with Crippen LogP contribution in [0.3, 0.4) is 0 Å². The van der Waals surface area contributed by atoms with Gasteiger partial charge in [0, 0.05) is 22.5 Å². The number of carbonyl (C=O) groups excluding carboxylic acids is 1. The maximum absolute atomic E-state index is 13.9. The average molecular weight is 482 g/mol. The Morgan fingerprint density at radius 1 is 1.52 bits per heavy atom. The Kier molecular flexibility index (Phi) is 5.38. The Labute approximate surface area is 163 Å². The van der Waals surface area contributed by atoms with Crippen LogP contribution < -0.4 is 5.32 Å². The molecule has 2 N–H and O–H groups in total. The first-order valence-electron chi connectivity index (χ1n) is 8.07. The van der Waals surface area contributed by atoms with Gasteiger partial charge in [0.05, 0.1) is 11.7 Å². The van der Waals surface area contributed by atoms with Crippen LogP contribution in [0, 0.1) is 3.57 Å². The molecule has 9 heteroatoms. The van der Waals surface area contributed by atoms with Crippen LogP contribution in [0.4, 0.5) is 9.18 Å². The normalized spacial score (nSPS) is 25.9. The van der Waals surface area contributed by atoms with Crippen LogP contribution in [-0.2, 0) is 11.3 Å². The second-order valence-corrected chi connectivity index (χ2v) is 7.96. The van der Waals surface area contributed by atoms with Crippen LogP contribution in [0.2, 0.25) is 5.15 Å². The number of likely N-dealkylation sites (tertiary alicyclic amines) is 1. The zero-order valence-corrected chi connectivity index (χ0v) is 16.4. The summed E-state index contributed by atoms with van der Waals surface area (Å²) in [5.41, 5.74) is 1.78. The topological polar surface area (TPSA) is 82.5 Å². The predicted molar refractivity (Wildman–Crippen MR) is 98.4 cm³/mol. The molecule has 1 saturated heterocycles. The minimum atomic E-state index is -1.34. The van der Waals surface area contributed by atoms with Crippen molar-refractivity contribution < 1.29 is 19.1 Å². The highest BCUT2D eigenvalue weighted by Crippen LogP contribution is 2.42. The van der Waals surface area contributed by atoms with Crippen LogP contribution in [-0.4, -0.2) is 45.2 Å². The molecule has 6 nitrogen and oxygen atoms in total. The fraction of sp³-hybridized carbons (Fsp3) is 0.562. The molecular weight excluding hydrogens is 464 g/mol. The van der Waals surface area contributed by atoms with Gasteiger partial charge in [-0.05, 0) is 54.0 Å². The summed E-state index contributed by atoms with van der Waals surface area (Å²) in [6, 6.07) is -0.148. The van der Waals surface area contributed by atoms with Crippen molar-refractivity contribution in [3.05, 3.63) is 26.0 Å². The Hall–Kier alpha value is -1.16. The number of alkyl halides is 1. The molecule has 2 heterocycles. The number of carbonyl (C=O) groups is 2. The van der Waals surface area contributed by atoms with Crippen molar-refractivity contribution in [2.75, 3.05) is 0 Å². The van der Waals surface area contributed by atoms with Gasteiger partial charge in [-0.25, -0.2) is 14.2 Å². The van der Waals surface area contributed by atoms with E-state index in [-0.39, 0.29) is 13.0 Å². The second-order valence-electron chi connectivity index (χ2n) is 6.49. The number of nitrogens with one attached hydrogen (secondary N) is 1. The van der Waals surface area contributed by atoms with E-state index in [0.717, 1.165) is 32.6 Å². The van der Waals surface area contributed by atoms with Gasteiger partial charge in [-0.1, -0.05) is 11.6 Å². The van der Waals surface area contributed by atoms with Crippen LogP contribution >= 0.6 is 34.2 Å². The highest BCUT2D eigenvalue weighted by Gasteiger charge is 2.45. The highest BCUT2D eigenvalue weighted by atomic mass is 127. The average Bonchev–Trinajstić information content (AvgIpc) is 3.34. The lowest BCUT2D eigenvalue weighted by Crippen LogP contribution is -2.47.